The van der Waals surface area contributed by atoms with Crippen LogP contribution in [0.4, 0.5) is 15.8 Å². The van der Waals surface area contributed by atoms with Gasteiger partial charge in [-0.3, -0.25) is 10.1 Å². The van der Waals surface area contributed by atoms with E-state index in [1.54, 1.807) is 6.07 Å². The third-order valence-electron chi connectivity index (χ3n) is 8.36. The van der Waals surface area contributed by atoms with Crippen LogP contribution in [0.3, 0.4) is 0 Å². The zero-order valence-electron chi connectivity index (χ0n) is 24.9. The summed E-state index contributed by atoms with van der Waals surface area (Å²) in [5, 5.41) is 15.5. The van der Waals surface area contributed by atoms with E-state index in [9.17, 15) is 4.39 Å². The van der Waals surface area contributed by atoms with Crippen molar-refractivity contribution in [2.75, 3.05) is 37.8 Å². The quantitative estimate of drug-likeness (QED) is 0.132. The first kappa shape index (κ1) is 27.8. The first-order chi connectivity index (χ1) is 21.4. The monoisotopic (exact) mass is 586 g/mol. The number of hydrogen-bond acceptors (Lipinski definition) is 6. The summed E-state index contributed by atoms with van der Waals surface area (Å²) in [6.07, 6.45) is 7.28. The van der Waals surface area contributed by atoms with E-state index in [0.717, 1.165) is 85.9 Å². The molecule has 1 aliphatic rings. The third-order valence-corrected chi connectivity index (χ3v) is 8.36. The van der Waals surface area contributed by atoms with Crippen molar-refractivity contribution in [2.45, 2.75) is 19.3 Å². The molecular weight excluding hydrogens is 551 g/mol. The zero-order chi connectivity index (χ0) is 30.2. The van der Waals surface area contributed by atoms with E-state index in [0.29, 0.717) is 5.92 Å². The number of fused-ring (bicyclic) bond motifs is 2. The Kier molecular flexibility index (Phi) is 7.31. The number of aromatic amines is 2. The molecular formula is C35H35FN8. The van der Waals surface area contributed by atoms with Crippen LogP contribution < -0.4 is 10.6 Å². The fourth-order valence-electron chi connectivity index (χ4n) is 5.75. The van der Waals surface area contributed by atoms with Gasteiger partial charge in [-0.2, -0.15) is 5.10 Å². The molecule has 0 bridgehead atoms. The molecule has 44 heavy (non-hydrogen) atoms. The topological polar surface area (TPSA) is 97.5 Å². The van der Waals surface area contributed by atoms with Gasteiger partial charge in [-0.15, -0.1) is 0 Å². The van der Waals surface area contributed by atoms with Crippen molar-refractivity contribution in [3.05, 3.63) is 91.2 Å². The lowest BCUT2D eigenvalue weighted by molar-refractivity contribution is 0.371. The second-order valence-corrected chi connectivity index (χ2v) is 11.8. The molecule has 0 unspecified atom stereocenters. The van der Waals surface area contributed by atoms with Gasteiger partial charge in [-0.1, -0.05) is 25.1 Å². The summed E-state index contributed by atoms with van der Waals surface area (Å²) in [5.74, 6) is 0.255. The van der Waals surface area contributed by atoms with Crippen molar-refractivity contribution in [1.82, 2.24) is 30.0 Å². The number of hydrogen-bond donors (Lipinski definition) is 4. The normalized spacial score (nSPS) is 13.5. The van der Waals surface area contributed by atoms with Crippen molar-refractivity contribution in [3.8, 4) is 33.8 Å². The van der Waals surface area contributed by atoms with E-state index in [1.807, 2.05) is 62.9 Å². The van der Waals surface area contributed by atoms with E-state index in [4.69, 9.17) is 4.98 Å². The van der Waals surface area contributed by atoms with Crippen LogP contribution in [-0.4, -0.2) is 57.2 Å². The molecule has 2 aromatic carbocycles. The SMILES string of the molecule is C=C(Nc1cncc(-c2ccc3[nH]nc(-c4cc5c(-c6cc(F)cc(NCCN(C)C)c6)cccc5[nH]4)c3n2)c1)C1CCC1. The Hall–Kier alpha value is -5.02. The molecule has 7 rings (SSSR count). The summed E-state index contributed by atoms with van der Waals surface area (Å²) in [4.78, 5) is 15.1. The summed E-state index contributed by atoms with van der Waals surface area (Å²) >= 11 is 0. The fourth-order valence-corrected chi connectivity index (χ4v) is 5.75. The lowest BCUT2D eigenvalue weighted by Gasteiger charge is -2.28. The van der Waals surface area contributed by atoms with Crippen LogP contribution in [0.2, 0.25) is 0 Å². The van der Waals surface area contributed by atoms with Crippen molar-refractivity contribution in [1.29, 1.82) is 0 Å². The Bertz CT molecular complexity index is 1980. The van der Waals surface area contributed by atoms with Crippen LogP contribution >= 0.6 is 0 Å². The molecule has 8 nitrogen and oxygen atoms in total. The molecule has 1 saturated carbocycles. The summed E-state index contributed by atoms with van der Waals surface area (Å²) in [7, 11) is 4.03. The minimum absolute atomic E-state index is 0.279. The summed E-state index contributed by atoms with van der Waals surface area (Å²) in [6, 6.07) is 19.2. The summed E-state index contributed by atoms with van der Waals surface area (Å²) in [5.41, 5.74) is 10.2. The Morgan fingerprint density at radius 2 is 1.86 bits per heavy atom. The molecule has 1 fully saturated rings. The predicted octanol–water partition coefficient (Wildman–Crippen LogP) is 7.67. The standard InChI is InChI=1S/C35H35FN8/c1-21(22-6-4-7-22)39-27-16-24(19-37-20-27)30-10-11-32-34(41-30)35(43-42-32)33-18-29-28(8-5-9-31(29)40-33)23-14-25(36)17-26(15-23)38-12-13-44(2)3/h5,8-11,14-20,22,38-40H,1,4,6-7,12-13H2,2-3H3,(H,42,43). The lowest BCUT2D eigenvalue weighted by Crippen LogP contribution is -2.20. The number of H-pyrrole nitrogens is 2. The number of likely N-dealkylation sites (N-methyl/N-ethyl adjacent to an activating group) is 1. The van der Waals surface area contributed by atoms with Gasteiger partial charge in [0.1, 0.15) is 17.0 Å². The van der Waals surface area contributed by atoms with E-state index in [2.05, 4.69) is 54.4 Å². The van der Waals surface area contributed by atoms with Crippen LogP contribution in [0.5, 0.6) is 0 Å². The molecule has 0 atom stereocenters. The van der Waals surface area contributed by atoms with Gasteiger partial charge in [-0.05, 0) is 92.5 Å². The molecule has 222 valence electrons. The molecule has 4 aromatic heterocycles. The third kappa shape index (κ3) is 5.54. The Labute approximate surface area is 255 Å². The van der Waals surface area contributed by atoms with Crippen molar-refractivity contribution >= 4 is 33.3 Å². The van der Waals surface area contributed by atoms with Gasteiger partial charge in [0.05, 0.1) is 28.8 Å². The molecule has 4 heterocycles. The van der Waals surface area contributed by atoms with Gasteiger partial charge >= 0.3 is 0 Å². The number of nitrogens with zero attached hydrogens (tertiary/aromatic N) is 4. The minimum Gasteiger partial charge on any atom is -0.384 e. The van der Waals surface area contributed by atoms with Crippen molar-refractivity contribution in [3.63, 3.8) is 0 Å². The van der Waals surface area contributed by atoms with E-state index in [1.165, 1.54) is 25.3 Å². The van der Waals surface area contributed by atoms with Gasteiger partial charge in [-0.25, -0.2) is 9.37 Å². The maximum absolute atomic E-state index is 14.7. The van der Waals surface area contributed by atoms with Gasteiger partial charge in [0.25, 0.3) is 0 Å². The first-order valence-electron chi connectivity index (χ1n) is 15.0. The maximum Gasteiger partial charge on any atom is 0.135 e. The lowest BCUT2D eigenvalue weighted by atomic mass is 9.83. The highest BCUT2D eigenvalue weighted by Gasteiger charge is 2.21. The molecule has 1 aliphatic carbocycles. The van der Waals surface area contributed by atoms with Crippen LogP contribution in [0.15, 0.2) is 85.3 Å². The number of allylic oxidation sites excluding steroid dienone is 1. The smallest absolute Gasteiger partial charge is 0.135 e. The molecule has 6 aromatic rings. The number of halogens is 1. The summed E-state index contributed by atoms with van der Waals surface area (Å²) < 4.78 is 14.7. The number of nitrogens with one attached hydrogen (secondary N) is 4. The van der Waals surface area contributed by atoms with Crippen molar-refractivity contribution in [2.24, 2.45) is 5.92 Å². The number of pyridine rings is 2. The van der Waals surface area contributed by atoms with E-state index in [-0.39, 0.29) is 5.82 Å². The largest absolute Gasteiger partial charge is 0.384 e. The summed E-state index contributed by atoms with van der Waals surface area (Å²) in [6.45, 7) is 5.81. The zero-order valence-corrected chi connectivity index (χ0v) is 24.9. The van der Waals surface area contributed by atoms with Crippen LogP contribution in [0.1, 0.15) is 19.3 Å². The van der Waals surface area contributed by atoms with Gasteiger partial charge in [0.2, 0.25) is 0 Å². The Morgan fingerprint density at radius 1 is 1.00 bits per heavy atom. The van der Waals surface area contributed by atoms with Crippen molar-refractivity contribution < 1.29 is 4.39 Å². The number of aromatic nitrogens is 5. The van der Waals surface area contributed by atoms with Gasteiger partial charge in [0.15, 0.2) is 0 Å². The molecule has 0 spiro atoms. The van der Waals surface area contributed by atoms with Crippen LogP contribution in [0.25, 0.3) is 55.7 Å². The number of anilines is 2. The van der Waals surface area contributed by atoms with Gasteiger partial charge in [0, 0.05) is 47.1 Å². The average molecular weight is 587 g/mol. The van der Waals surface area contributed by atoms with Crippen LogP contribution in [0, 0.1) is 11.7 Å². The molecule has 0 aliphatic heterocycles. The molecule has 0 saturated heterocycles. The molecule has 9 heteroatoms. The number of rotatable bonds is 10. The minimum atomic E-state index is -0.279. The highest BCUT2D eigenvalue weighted by molar-refractivity contribution is 6.00. The highest BCUT2D eigenvalue weighted by Crippen LogP contribution is 2.36. The Morgan fingerprint density at radius 3 is 2.68 bits per heavy atom. The molecule has 0 radical (unpaired) electrons. The molecule has 4 N–H and O–H groups in total. The fraction of sp³-hybridized carbons (Fsp3) is 0.229. The van der Waals surface area contributed by atoms with Gasteiger partial charge < -0.3 is 20.5 Å². The second-order valence-electron chi connectivity index (χ2n) is 11.8. The average Bonchev–Trinajstić information content (AvgIpc) is 3.59. The number of benzene rings is 2. The van der Waals surface area contributed by atoms with Crippen LogP contribution in [-0.2, 0) is 0 Å². The highest BCUT2D eigenvalue weighted by atomic mass is 19.1. The second kappa shape index (κ2) is 11.6. The van der Waals surface area contributed by atoms with E-state index >= 15 is 0 Å². The Balaban J connectivity index is 1.21. The first-order valence-corrected chi connectivity index (χ1v) is 15.0. The maximum atomic E-state index is 14.7. The van der Waals surface area contributed by atoms with E-state index < -0.39 is 0 Å². The molecule has 0 amide bonds. The predicted molar refractivity (Wildman–Crippen MR) is 177 cm³/mol.